The number of hydrogen-bond donors (Lipinski definition) is 1. The van der Waals surface area contributed by atoms with Crippen molar-refractivity contribution in [2.45, 2.75) is 31.8 Å². The van der Waals surface area contributed by atoms with Crippen molar-refractivity contribution < 1.29 is 0 Å². The summed E-state index contributed by atoms with van der Waals surface area (Å²) in [6, 6.07) is 6.52. The summed E-state index contributed by atoms with van der Waals surface area (Å²) < 4.78 is 0. The summed E-state index contributed by atoms with van der Waals surface area (Å²) >= 11 is 0. The van der Waals surface area contributed by atoms with Crippen molar-refractivity contribution >= 4 is 5.82 Å². The van der Waals surface area contributed by atoms with Gasteiger partial charge >= 0.3 is 0 Å². The molecule has 2 heterocycles. The first-order valence-electron chi connectivity index (χ1n) is 5.59. The number of aromatic nitrogens is 1. The van der Waals surface area contributed by atoms with E-state index < -0.39 is 0 Å². The average Bonchev–Trinajstić information content (AvgIpc) is 2.29. The van der Waals surface area contributed by atoms with E-state index in [2.05, 4.69) is 22.9 Å². The number of rotatable bonds is 1. The summed E-state index contributed by atoms with van der Waals surface area (Å²) in [5.74, 6) is 0.943. The first kappa shape index (κ1) is 10.9. The van der Waals surface area contributed by atoms with E-state index in [9.17, 15) is 0 Å². The van der Waals surface area contributed by atoms with Gasteiger partial charge in [-0.1, -0.05) is 0 Å². The van der Waals surface area contributed by atoms with Crippen LogP contribution in [0.25, 0.3) is 0 Å². The van der Waals surface area contributed by atoms with Gasteiger partial charge in [0.25, 0.3) is 0 Å². The van der Waals surface area contributed by atoms with Gasteiger partial charge in [0, 0.05) is 24.8 Å². The molecule has 0 radical (unpaired) electrons. The second-order valence-corrected chi connectivity index (χ2v) is 4.34. The van der Waals surface area contributed by atoms with Crippen LogP contribution in [0.5, 0.6) is 0 Å². The van der Waals surface area contributed by atoms with Crippen LogP contribution in [0.15, 0.2) is 18.3 Å². The third kappa shape index (κ3) is 2.15. The average molecular weight is 216 g/mol. The third-order valence-corrected chi connectivity index (χ3v) is 3.09. The first-order valence-corrected chi connectivity index (χ1v) is 5.59. The minimum Gasteiger partial charge on any atom is -0.354 e. The Bertz CT molecular complexity index is 392. The minimum absolute atomic E-state index is 0.310. The lowest BCUT2D eigenvalue weighted by molar-refractivity contribution is 0.427. The monoisotopic (exact) mass is 216 g/mol. The fourth-order valence-electron chi connectivity index (χ4n) is 2.17. The molecule has 1 aromatic rings. The van der Waals surface area contributed by atoms with Crippen LogP contribution in [0, 0.1) is 11.3 Å². The van der Waals surface area contributed by atoms with Crippen molar-refractivity contribution in [1.82, 2.24) is 4.98 Å². The lowest BCUT2D eigenvalue weighted by Crippen LogP contribution is -2.45. The van der Waals surface area contributed by atoms with Gasteiger partial charge in [0.15, 0.2) is 0 Å². The number of nitrogens with two attached hydrogens (primary N) is 1. The molecule has 0 bridgehead atoms. The van der Waals surface area contributed by atoms with Crippen LogP contribution in [0.2, 0.25) is 0 Å². The highest BCUT2D eigenvalue weighted by molar-refractivity contribution is 5.43. The van der Waals surface area contributed by atoms with Crippen LogP contribution in [-0.4, -0.2) is 23.6 Å². The highest BCUT2D eigenvalue weighted by Crippen LogP contribution is 2.22. The molecule has 1 aliphatic rings. The van der Waals surface area contributed by atoms with E-state index in [-0.39, 0.29) is 0 Å². The number of nitriles is 1. The van der Waals surface area contributed by atoms with Gasteiger partial charge < -0.3 is 10.6 Å². The van der Waals surface area contributed by atoms with Crippen LogP contribution >= 0.6 is 0 Å². The summed E-state index contributed by atoms with van der Waals surface area (Å²) in [4.78, 5) is 6.57. The fraction of sp³-hybridized carbons (Fsp3) is 0.500. The van der Waals surface area contributed by atoms with Crippen LogP contribution in [-0.2, 0) is 0 Å². The Balaban J connectivity index is 2.14. The van der Waals surface area contributed by atoms with Gasteiger partial charge in [-0.25, -0.2) is 4.98 Å². The number of anilines is 1. The molecule has 0 amide bonds. The smallest absolute Gasteiger partial charge is 0.128 e. The standard InChI is InChI=1S/C12H16N4/c1-9-6-11(14)4-5-16(9)12-3-2-10(7-13)8-15-12/h2-3,8-9,11H,4-6,14H2,1H3. The topological polar surface area (TPSA) is 65.9 Å². The van der Waals surface area contributed by atoms with Gasteiger partial charge in [-0.2, -0.15) is 5.26 Å². The number of hydrogen-bond acceptors (Lipinski definition) is 4. The van der Waals surface area contributed by atoms with Crippen molar-refractivity contribution in [2.24, 2.45) is 5.73 Å². The predicted octanol–water partition coefficient (Wildman–Crippen LogP) is 1.27. The van der Waals surface area contributed by atoms with Crippen molar-refractivity contribution in [2.75, 3.05) is 11.4 Å². The molecule has 2 rings (SSSR count). The van der Waals surface area contributed by atoms with Crippen LogP contribution in [0.1, 0.15) is 25.3 Å². The van der Waals surface area contributed by atoms with Gasteiger partial charge in [-0.3, -0.25) is 0 Å². The summed E-state index contributed by atoms with van der Waals surface area (Å²) in [5, 5.41) is 8.71. The molecule has 1 aromatic heterocycles. The molecule has 4 heteroatoms. The van der Waals surface area contributed by atoms with Gasteiger partial charge in [0.2, 0.25) is 0 Å². The minimum atomic E-state index is 0.310. The molecule has 0 spiro atoms. The summed E-state index contributed by atoms with van der Waals surface area (Å²) in [6.45, 7) is 3.11. The highest BCUT2D eigenvalue weighted by Gasteiger charge is 2.23. The quantitative estimate of drug-likeness (QED) is 0.767. The summed E-state index contributed by atoms with van der Waals surface area (Å²) in [6.07, 6.45) is 3.63. The van der Waals surface area contributed by atoms with E-state index in [0.29, 0.717) is 17.6 Å². The molecule has 1 fully saturated rings. The largest absolute Gasteiger partial charge is 0.354 e. The maximum atomic E-state index is 8.71. The fourth-order valence-corrected chi connectivity index (χ4v) is 2.17. The molecule has 2 N–H and O–H groups in total. The molecule has 0 saturated carbocycles. The summed E-state index contributed by atoms with van der Waals surface area (Å²) in [5.41, 5.74) is 6.52. The van der Waals surface area contributed by atoms with Crippen molar-refractivity contribution in [1.29, 1.82) is 5.26 Å². The Hall–Kier alpha value is -1.60. The molecular formula is C12H16N4. The van der Waals surface area contributed by atoms with E-state index in [1.54, 1.807) is 6.20 Å². The molecule has 16 heavy (non-hydrogen) atoms. The molecule has 0 aliphatic carbocycles. The van der Waals surface area contributed by atoms with E-state index in [4.69, 9.17) is 11.0 Å². The van der Waals surface area contributed by atoms with Crippen molar-refractivity contribution in [3.63, 3.8) is 0 Å². The second kappa shape index (κ2) is 4.50. The lowest BCUT2D eigenvalue weighted by Gasteiger charge is -2.37. The molecular weight excluding hydrogens is 200 g/mol. The van der Waals surface area contributed by atoms with Gasteiger partial charge in [0.05, 0.1) is 5.56 Å². The Labute approximate surface area is 95.7 Å². The molecule has 84 valence electrons. The number of nitrogens with zero attached hydrogens (tertiary/aromatic N) is 3. The molecule has 0 aromatic carbocycles. The molecule has 2 atom stereocenters. The third-order valence-electron chi connectivity index (χ3n) is 3.09. The van der Waals surface area contributed by atoms with Gasteiger partial charge in [0.1, 0.15) is 11.9 Å². The first-order chi connectivity index (χ1) is 7.70. The Morgan fingerprint density at radius 2 is 2.38 bits per heavy atom. The van der Waals surface area contributed by atoms with Crippen LogP contribution < -0.4 is 10.6 Å². The zero-order chi connectivity index (χ0) is 11.5. The predicted molar refractivity (Wildman–Crippen MR) is 63.0 cm³/mol. The van der Waals surface area contributed by atoms with Crippen LogP contribution in [0.4, 0.5) is 5.82 Å². The highest BCUT2D eigenvalue weighted by atomic mass is 15.2. The van der Waals surface area contributed by atoms with Crippen molar-refractivity contribution in [3.05, 3.63) is 23.9 Å². The molecule has 2 unspecified atom stereocenters. The normalized spacial score (nSPS) is 25.2. The van der Waals surface area contributed by atoms with E-state index in [1.165, 1.54) is 0 Å². The maximum Gasteiger partial charge on any atom is 0.128 e. The van der Waals surface area contributed by atoms with Crippen LogP contribution in [0.3, 0.4) is 0 Å². The van der Waals surface area contributed by atoms with Crippen molar-refractivity contribution in [3.8, 4) is 6.07 Å². The number of pyridine rings is 1. The zero-order valence-electron chi connectivity index (χ0n) is 9.43. The SMILES string of the molecule is CC1CC(N)CCN1c1ccc(C#N)cn1. The van der Waals surface area contributed by atoms with E-state index in [1.807, 2.05) is 12.1 Å². The Kier molecular flexibility index (Phi) is 3.07. The maximum absolute atomic E-state index is 8.71. The molecule has 1 saturated heterocycles. The second-order valence-electron chi connectivity index (χ2n) is 4.34. The number of piperidine rings is 1. The van der Waals surface area contributed by atoms with E-state index >= 15 is 0 Å². The lowest BCUT2D eigenvalue weighted by atomic mass is 9.99. The molecule has 1 aliphatic heterocycles. The zero-order valence-corrected chi connectivity index (χ0v) is 9.43. The Morgan fingerprint density at radius 1 is 1.56 bits per heavy atom. The van der Waals surface area contributed by atoms with Gasteiger partial charge in [-0.05, 0) is 31.9 Å². The molecule has 4 nitrogen and oxygen atoms in total. The summed E-state index contributed by atoms with van der Waals surface area (Å²) in [7, 11) is 0. The van der Waals surface area contributed by atoms with E-state index in [0.717, 1.165) is 25.2 Å². The van der Waals surface area contributed by atoms with Gasteiger partial charge in [-0.15, -0.1) is 0 Å². The Morgan fingerprint density at radius 3 is 2.94 bits per heavy atom.